The molecule has 2 aromatic carbocycles. The number of nitrogens with two attached hydrogens (primary N) is 2. The van der Waals surface area contributed by atoms with Crippen LogP contribution in [0.3, 0.4) is 0 Å². The zero-order valence-corrected chi connectivity index (χ0v) is 22.3. The topological polar surface area (TPSA) is 172 Å². The van der Waals surface area contributed by atoms with E-state index < -0.39 is 40.6 Å². The third-order valence-electron chi connectivity index (χ3n) is 4.93. The van der Waals surface area contributed by atoms with E-state index in [0.29, 0.717) is 28.3 Å². The summed E-state index contributed by atoms with van der Waals surface area (Å²) in [5.74, 6) is -4.33. The number of sulfonamides is 1. The van der Waals surface area contributed by atoms with Crippen molar-refractivity contribution < 1.29 is 45.5 Å². The Labute approximate surface area is 227 Å². The van der Waals surface area contributed by atoms with Crippen LogP contribution in [0.2, 0.25) is 5.02 Å². The highest BCUT2D eigenvalue weighted by atomic mass is 35.5. The van der Waals surface area contributed by atoms with E-state index in [9.17, 15) is 31.2 Å². The number of rotatable bonds is 12. The lowest BCUT2D eigenvalue weighted by Crippen LogP contribution is -2.45. The predicted octanol–water partition coefficient (Wildman–Crippen LogP) is 2.45. The molecule has 0 fully saturated rings. The summed E-state index contributed by atoms with van der Waals surface area (Å²) in [6.07, 6.45) is -5.47. The van der Waals surface area contributed by atoms with Crippen molar-refractivity contribution in [1.29, 1.82) is 0 Å². The number of ether oxygens (including phenoxy) is 2. The molecule has 0 radical (unpaired) electrons. The van der Waals surface area contributed by atoms with Crippen molar-refractivity contribution in [1.82, 2.24) is 4.72 Å². The molecule has 0 aliphatic carbocycles. The minimum absolute atomic E-state index is 0.184. The molecule has 2 aromatic rings. The Balaban J connectivity index is 2.20. The Bertz CT molecular complexity index is 1320. The molecule has 0 heterocycles. The summed E-state index contributed by atoms with van der Waals surface area (Å²) in [5, 5.41) is 3.65. The number of guanidine groups is 1. The molecule has 214 valence electrons. The molecule has 0 unspecified atom stereocenters. The van der Waals surface area contributed by atoms with Crippen LogP contribution >= 0.6 is 11.6 Å². The normalized spacial score (nSPS) is 12.4. The first-order chi connectivity index (χ1) is 18.1. The number of carbonyl (C=O) groups is 2. The lowest BCUT2D eigenvalue weighted by atomic mass is 10.1. The van der Waals surface area contributed by atoms with Crippen molar-refractivity contribution in [3.8, 4) is 5.75 Å². The summed E-state index contributed by atoms with van der Waals surface area (Å²) < 4.78 is 75.6. The van der Waals surface area contributed by atoms with Gasteiger partial charge in [-0.15, -0.1) is 0 Å². The van der Waals surface area contributed by atoms with Gasteiger partial charge in [-0.3, -0.25) is 0 Å². The van der Waals surface area contributed by atoms with Crippen LogP contribution in [0.15, 0.2) is 46.4 Å². The van der Waals surface area contributed by atoms with Gasteiger partial charge in [-0.25, -0.2) is 18.0 Å². The van der Waals surface area contributed by atoms with Crippen molar-refractivity contribution >= 4 is 39.5 Å². The molecule has 39 heavy (non-hydrogen) atoms. The van der Waals surface area contributed by atoms with E-state index in [2.05, 4.69) is 9.89 Å². The second-order valence-electron chi connectivity index (χ2n) is 8.15. The number of nitrogens with zero attached hydrogens (tertiary/aromatic N) is 1. The number of aryl methyl sites for hydroxylation is 2. The van der Waals surface area contributed by atoms with Crippen molar-refractivity contribution in [3.63, 3.8) is 0 Å². The standard InChI is InChI=1S/C23H26ClF3N4O7S/c1-13-11-19(14(2)10-17(13)24)39(34,35)31-18(20(32)38-21(33)23(25,26)27)12-15-4-6-16(7-5-15)36-8-3-9-37-30-22(28)29/h4-7,10-11,18,31H,3,8-9,12H2,1-2H3,(H4,28,29,30)/t18-/m0/s1. The summed E-state index contributed by atoms with van der Waals surface area (Å²) in [5.41, 5.74) is 11.2. The highest BCUT2D eigenvalue weighted by Crippen LogP contribution is 2.25. The van der Waals surface area contributed by atoms with Gasteiger partial charge in [0.1, 0.15) is 18.4 Å². The van der Waals surface area contributed by atoms with Gasteiger partial charge in [-0.1, -0.05) is 23.7 Å². The van der Waals surface area contributed by atoms with Crippen LogP contribution in [-0.4, -0.2) is 51.7 Å². The predicted molar refractivity (Wildman–Crippen MR) is 134 cm³/mol. The Morgan fingerprint density at radius 3 is 2.31 bits per heavy atom. The monoisotopic (exact) mass is 594 g/mol. The molecule has 0 aliphatic rings. The summed E-state index contributed by atoms with van der Waals surface area (Å²) in [6, 6.07) is 6.67. The van der Waals surface area contributed by atoms with Crippen molar-refractivity contribution in [3.05, 3.63) is 58.1 Å². The van der Waals surface area contributed by atoms with E-state index in [1.165, 1.54) is 43.3 Å². The molecular formula is C23H26ClF3N4O7S. The first-order valence-electron chi connectivity index (χ1n) is 11.1. The number of halogens is 4. The molecule has 16 heteroatoms. The van der Waals surface area contributed by atoms with Crippen LogP contribution in [0, 0.1) is 13.8 Å². The smallest absolute Gasteiger partial charge is 0.491 e. The number of hydrogen-bond donors (Lipinski definition) is 3. The Hall–Kier alpha value is -3.56. The molecule has 0 aromatic heterocycles. The second-order valence-corrected chi connectivity index (χ2v) is 10.2. The maximum Gasteiger partial charge on any atom is 0.491 e. The molecular weight excluding hydrogens is 569 g/mol. The summed E-state index contributed by atoms with van der Waals surface area (Å²) in [4.78, 5) is 28.3. The van der Waals surface area contributed by atoms with Gasteiger partial charge in [0.15, 0.2) is 0 Å². The number of benzene rings is 2. The zero-order valence-electron chi connectivity index (χ0n) is 20.7. The van der Waals surface area contributed by atoms with Gasteiger partial charge >= 0.3 is 18.1 Å². The first kappa shape index (κ1) is 31.7. The highest BCUT2D eigenvalue weighted by molar-refractivity contribution is 7.89. The van der Waals surface area contributed by atoms with Gasteiger partial charge in [0.25, 0.3) is 0 Å². The van der Waals surface area contributed by atoms with Crippen molar-refractivity contribution in [2.75, 3.05) is 13.2 Å². The van der Waals surface area contributed by atoms with E-state index in [1.807, 2.05) is 4.72 Å². The molecule has 1 atom stereocenters. The number of hydrogen-bond acceptors (Lipinski definition) is 8. The minimum atomic E-state index is -5.46. The fourth-order valence-corrected chi connectivity index (χ4v) is 4.79. The molecule has 0 spiro atoms. The van der Waals surface area contributed by atoms with E-state index in [-0.39, 0.29) is 29.6 Å². The second kappa shape index (κ2) is 13.5. The molecule has 0 amide bonds. The fraction of sp³-hybridized carbons (Fsp3) is 0.348. The van der Waals surface area contributed by atoms with Crippen molar-refractivity contribution in [2.24, 2.45) is 16.6 Å². The van der Waals surface area contributed by atoms with Crippen LogP contribution in [0.25, 0.3) is 0 Å². The summed E-state index contributed by atoms with van der Waals surface area (Å²) in [6.45, 7) is 3.41. The summed E-state index contributed by atoms with van der Waals surface area (Å²) in [7, 11) is -4.46. The van der Waals surface area contributed by atoms with Gasteiger partial charge in [0.05, 0.1) is 11.5 Å². The van der Waals surface area contributed by atoms with Gasteiger partial charge in [0, 0.05) is 11.4 Å². The minimum Gasteiger partial charge on any atom is -0.493 e. The van der Waals surface area contributed by atoms with Gasteiger partial charge in [-0.05, 0) is 66.4 Å². The third kappa shape index (κ3) is 9.92. The Morgan fingerprint density at radius 1 is 1.08 bits per heavy atom. The third-order valence-corrected chi connectivity index (χ3v) is 6.96. The molecule has 0 aliphatic heterocycles. The average molecular weight is 595 g/mol. The van der Waals surface area contributed by atoms with Gasteiger partial charge in [-0.2, -0.15) is 17.9 Å². The van der Waals surface area contributed by atoms with E-state index >= 15 is 0 Å². The van der Waals surface area contributed by atoms with E-state index in [4.69, 9.17) is 32.6 Å². The maximum atomic E-state index is 13.1. The first-order valence-corrected chi connectivity index (χ1v) is 13.0. The van der Waals surface area contributed by atoms with Gasteiger partial charge in [0.2, 0.25) is 16.0 Å². The average Bonchev–Trinajstić information content (AvgIpc) is 2.83. The lowest BCUT2D eigenvalue weighted by Gasteiger charge is -2.19. The van der Waals surface area contributed by atoms with Crippen LogP contribution in [0.4, 0.5) is 13.2 Å². The van der Waals surface area contributed by atoms with Crippen LogP contribution in [0.5, 0.6) is 5.75 Å². The Kier molecular flexibility index (Phi) is 10.9. The molecule has 0 bridgehead atoms. The SMILES string of the molecule is Cc1cc(S(=O)(=O)N[C@@H](Cc2ccc(OCCCON=C(N)N)cc2)C(=O)OC(=O)C(F)(F)F)c(C)cc1Cl. The Morgan fingerprint density at radius 2 is 1.72 bits per heavy atom. The molecule has 2 rings (SSSR count). The summed E-state index contributed by atoms with van der Waals surface area (Å²) >= 11 is 6.01. The molecule has 0 saturated carbocycles. The molecule has 5 N–H and O–H groups in total. The van der Waals surface area contributed by atoms with E-state index in [1.54, 1.807) is 6.92 Å². The number of carbonyl (C=O) groups excluding carboxylic acids is 2. The quantitative estimate of drug-likeness (QED) is 0.0833. The van der Waals surface area contributed by atoms with E-state index in [0.717, 1.165) is 0 Å². The number of oxime groups is 1. The fourth-order valence-electron chi connectivity index (χ4n) is 3.08. The highest BCUT2D eigenvalue weighted by Gasteiger charge is 2.44. The number of nitrogens with one attached hydrogen (secondary N) is 1. The largest absolute Gasteiger partial charge is 0.493 e. The molecule has 11 nitrogen and oxygen atoms in total. The lowest BCUT2D eigenvalue weighted by molar-refractivity contribution is -0.202. The number of esters is 2. The zero-order chi connectivity index (χ0) is 29.4. The molecule has 0 saturated heterocycles. The van der Waals surface area contributed by atoms with Gasteiger partial charge < -0.3 is 25.8 Å². The van der Waals surface area contributed by atoms with Crippen LogP contribution < -0.4 is 20.9 Å². The number of alkyl halides is 3. The van der Waals surface area contributed by atoms with Crippen molar-refractivity contribution in [2.45, 2.75) is 43.8 Å². The van der Waals surface area contributed by atoms with Crippen LogP contribution in [0.1, 0.15) is 23.1 Å². The van der Waals surface area contributed by atoms with Crippen LogP contribution in [-0.2, 0) is 35.6 Å². The maximum absolute atomic E-state index is 13.1.